The van der Waals surface area contributed by atoms with Gasteiger partial charge in [0, 0.05) is 33.2 Å². The van der Waals surface area contributed by atoms with Crippen LogP contribution in [-0.2, 0) is 6.42 Å². The molecule has 1 aliphatic carbocycles. The highest BCUT2D eigenvalue weighted by Crippen LogP contribution is 2.38. The van der Waals surface area contributed by atoms with Crippen LogP contribution in [0.15, 0.2) is 152 Å². The van der Waals surface area contributed by atoms with Crippen molar-refractivity contribution in [3.05, 3.63) is 163 Å². The fourth-order valence-corrected chi connectivity index (χ4v) is 7.16. The van der Waals surface area contributed by atoms with E-state index < -0.39 is 0 Å². The zero-order chi connectivity index (χ0) is 29.0. The smallest absolute Gasteiger partial charge is 0.0541 e. The third-order valence-corrected chi connectivity index (χ3v) is 9.18. The number of aromatic nitrogens is 2. The number of fused-ring (bicyclic) bond motifs is 6. The zero-order valence-corrected chi connectivity index (χ0v) is 24.3. The molecule has 0 saturated carbocycles. The predicted molar refractivity (Wildman–Crippen MR) is 186 cm³/mol. The van der Waals surface area contributed by atoms with Crippen LogP contribution in [0.5, 0.6) is 0 Å². The van der Waals surface area contributed by atoms with Gasteiger partial charge in [-0.2, -0.15) is 0 Å². The van der Waals surface area contributed by atoms with Crippen molar-refractivity contribution >= 4 is 38.8 Å². The summed E-state index contributed by atoms with van der Waals surface area (Å²) in [6, 6.07) is 53.0. The monoisotopic (exact) mass is 562 g/mol. The minimum Gasteiger partial charge on any atom is -0.310 e. The van der Waals surface area contributed by atoms with Crippen LogP contribution in [0, 0.1) is 0 Å². The maximum atomic E-state index is 2.42. The lowest BCUT2D eigenvalue weighted by Gasteiger charge is -2.11. The van der Waals surface area contributed by atoms with Gasteiger partial charge in [0.2, 0.25) is 0 Å². The number of hydrogen-bond acceptors (Lipinski definition) is 0. The molecule has 0 saturated heterocycles. The van der Waals surface area contributed by atoms with Crippen LogP contribution in [0.4, 0.5) is 0 Å². The molecule has 0 atom stereocenters. The van der Waals surface area contributed by atoms with E-state index in [1.807, 2.05) is 0 Å². The van der Waals surface area contributed by atoms with Gasteiger partial charge in [-0.15, -0.1) is 0 Å². The number of para-hydroxylation sites is 3. The summed E-state index contributed by atoms with van der Waals surface area (Å²) in [6.07, 6.45) is 6.77. The van der Waals surface area contributed by atoms with Gasteiger partial charge in [0.1, 0.15) is 0 Å². The first-order valence-electron chi connectivity index (χ1n) is 15.4. The third-order valence-electron chi connectivity index (χ3n) is 9.18. The summed E-state index contributed by atoms with van der Waals surface area (Å²) in [5.74, 6) is 0. The lowest BCUT2D eigenvalue weighted by Crippen LogP contribution is -1.99. The summed E-state index contributed by atoms with van der Waals surface area (Å²) in [4.78, 5) is 0. The molecule has 0 unspecified atom stereocenters. The van der Waals surface area contributed by atoms with Crippen LogP contribution in [0.25, 0.3) is 72.4 Å². The van der Waals surface area contributed by atoms with Crippen LogP contribution in [0.3, 0.4) is 0 Å². The molecule has 6 aromatic carbocycles. The molecule has 0 radical (unpaired) electrons. The number of aryl methyl sites for hydroxylation is 1. The Labute approximate surface area is 256 Å². The number of allylic oxidation sites excluding steroid dienone is 1. The topological polar surface area (TPSA) is 9.86 Å². The number of hydrogen-bond donors (Lipinski definition) is 0. The van der Waals surface area contributed by atoms with E-state index in [1.54, 1.807) is 0 Å². The van der Waals surface area contributed by atoms with Gasteiger partial charge >= 0.3 is 0 Å². The molecule has 0 aliphatic heterocycles. The van der Waals surface area contributed by atoms with Gasteiger partial charge < -0.3 is 9.13 Å². The first-order chi connectivity index (χ1) is 21.8. The maximum absolute atomic E-state index is 2.42. The molecule has 1 aliphatic rings. The van der Waals surface area contributed by atoms with Gasteiger partial charge in [0.25, 0.3) is 0 Å². The van der Waals surface area contributed by atoms with Crippen LogP contribution in [0.1, 0.15) is 17.7 Å². The number of nitrogens with zero attached hydrogens (tertiary/aromatic N) is 2. The van der Waals surface area contributed by atoms with Gasteiger partial charge in [-0.3, -0.25) is 0 Å². The molecule has 0 N–H and O–H groups in total. The Morgan fingerprint density at radius 1 is 0.409 bits per heavy atom. The Morgan fingerprint density at radius 2 is 0.977 bits per heavy atom. The van der Waals surface area contributed by atoms with Crippen molar-refractivity contribution in [1.82, 2.24) is 9.13 Å². The highest BCUT2D eigenvalue weighted by Gasteiger charge is 2.19. The van der Waals surface area contributed by atoms with Crippen molar-refractivity contribution in [3.63, 3.8) is 0 Å². The molecule has 2 nitrogen and oxygen atoms in total. The number of rotatable bonds is 4. The van der Waals surface area contributed by atoms with Crippen molar-refractivity contribution in [2.45, 2.75) is 12.8 Å². The predicted octanol–water partition coefficient (Wildman–Crippen LogP) is 11.0. The standard InChI is InChI=1S/C42H30N2/c1-3-14-33(15-4-1)43-39-20-9-7-18-35(39)37-27-31(22-24-41(37)43)29-12-11-13-30(26-29)32-23-25-42-38(28-32)36-19-8-10-21-40(36)44(42)34-16-5-2-6-17-34/h1-7,9-18,20-28H,8,19H2. The minimum absolute atomic E-state index is 1.07. The van der Waals surface area contributed by atoms with E-state index in [0.717, 1.165) is 12.8 Å². The fourth-order valence-electron chi connectivity index (χ4n) is 7.16. The maximum Gasteiger partial charge on any atom is 0.0541 e. The zero-order valence-electron chi connectivity index (χ0n) is 24.3. The Hall–Kier alpha value is -5.60. The Balaban J connectivity index is 1.17. The second kappa shape index (κ2) is 10.00. The van der Waals surface area contributed by atoms with Crippen molar-refractivity contribution in [2.24, 2.45) is 0 Å². The molecular formula is C42H30N2. The molecule has 0 amide bonds. The average Bonchev–Trinajstić information content (AvgIpc) is 3.61. The van der Waals surface area contributed by atoms with Crippen LogP contribution in [-0.4, -0.2) is 9.13 Å². The molecule has 0 fully saturated rings. The van der Waals surface area contributed by atoms with E-state index in [0.29, 0.717) is 0 Å². The van der Waals surface area contributed by atoms with E-state index in [-0.39, 0.29) is 0 Å². The molecule has 0 spiro atoms. The van der Waals surface area contributed by atoms with E-state index in [2.05, 4.69) is 167 Å². The quantitative estimate of drug-likeness (QED) is 0.202. The lowest BCUT2D eigenvalue weighted by atomic mass is 9.95. The summed E-state index contributed by atoms with van der Waals surface area (Å²) in [5, 5.41) is 3.90. The van der Waals surface area contributed by atoms with Crippen LogP contribution >= 0.6 is 0 Å². The third kappa shape index (κ3) is 3.88. The van der Waals surface area contributed by atoms with Crippen molar-refractivity contribution < 1.29 is 0 Å². The van der Waals surface area contributed by atoms with Crippen LogP contribution in [0.2, 0.25) is 0 Å². The summed E-state index contributed by atoms with van der Waals surface area (Å²) in [6.45, 7) is 0. The molecule has 2 aromatic heterocycles. The van der Waals surface area contributed by atoms with Gasteiger partial charge in [0.15, 0.2) is 0 Å². The first kappa shape index (κ1) is 24.9. The normalized spacial score (nSPS) is 12.7. The van der Waals surface area contributed by atoms with Crippen molar-refractivity contribution in [3.8, 4) is 33.6 Å². The van der Waals surface area contributed by atoms with Gasteiger partial charge in [0.05, 0.1) is 16.6 Å². The highest BCUT2D eigenvalue weighted by atomic mass is 15.0. The summed E-state index contributed by atoms with van der Waals surface area (Å²) in [5.41, 5.74) is 13.8. The molecule has 8 aromatic rings. The Morgan fingerprint density at radius 3 is 1.70 bits per heavy atom. The minimum atomic E-state index is 1.07. The largest absolute Gasteiger partial charge is 0.310 e. The Bertz CT molecular complexity index is 2370. The van der Waals surface area contributed by atoms with E-state index in [1.165, 1.54) is 77.6 Å². The number of benzene rings is 6. The molecule has 2 heterocycles. The summed E-state index contributed by atoms with van der Waals surface area (Å²) in [7, 11) is 0. The molecule has 44 heavy (non-hydrogen) atoms. The molecule has 208 valence electrons. The summed E-state index contributed by atoms with van der Waals surface area (Å²) >= 11 is 0. The summed E-state index contributed by atoms with van der Waals surface area (Å²) < 4.78 is 4.79. The van der Waals surface area contributed by atoms with Gasteiger partial charge in [-0.05, 0) is 107 Å². The van der Waals surface area contributed by atoms with E-state index in [9.17, 15) is 0 Å². The second-order valence-electron chi connectivity index (χ2n) is 11.7. The van der Waals surface area contributed by atoms with Gasteiger partial charge in [-0.1, -0.05) is 91.0 Å². The van der Waals surface area contributed by atoms with Crippen molar-refractivity contribution in [2.75, 3.05) is 0 Å². The van der Waals surface area contributed by atoms with Gasteiger partial charge in [-0.25, -0.2) is 0 Å². The lowest BCUT2D eigenvalue weighted by molar-refractivity contribution is 0.967. The van der Waals surface area contributed by atoms with E-state index >= 15 is 0 Å². The molecular weight excluding hydrogens is 532 g/mol. The van der Waals surface area contributed by atoms with E-state index in [4.69, 9.17) is 0 Å². The fraction of sp³-hybridized carbons (Fsp3) is 0.0476. The highest BCUT2D eigenvalue weighted by molar-refractivity contribution is 6.10. The molecule has 9 rings (SSSR count). The van der Waals surface area contributed by atoms with Crippen molar-refractivity contribution in [1.29, 1.82) is 0 Å². The first-order valence-corrected chi connectivity index (χ1v) is 15.4. The molecule has 2 heteroatoms. The Kier molecular flexibility index (Phi) is 5.67. The molecule has 0 bridgehead atoms. The SMILES string of the molecule is C1=Cc2c(c3cc(-c4cccc(-c5ccc6c(c5)c5ccccc5n6-c5ccccc5)c4)ccc3n2-c2ccccc2)CC1. The second-order valence-corrected chi connectivity index (χ2v) is 11.7. The van der Waals surface area contributed by atoms with Crippen LogP contribution < -0.4 is 0 Å². The average molecular weight is 563 g/mol.